The SMILES string of the molecule is CC1CCC(=O)N(Cc2nnsc2NN)CC1. The minimum atomic E-state index is 0.199. The van der Waals surface area contributed by atoms with Gasteiger partial charge in [-0.3, -0.25) is 4.79 Å². The number of rotatable bonds is 3. The maximum absolute atomic E-state index is 11.9. The van der Waals surface area contributed by atoms with Crippen molar-refractivity contribution in [3.05, 3.63) is 5.69 Å². The van der Waals surface area contributed by atoms with Crippen molar-refractivity contribution in [2.45, 2.75) is 32.7 Å². The Morgan fingerprint density at radius 3 is 3.18 bits per heavy atom. The van der Waals surface area contributed by atoms with Crippen molar-refractivity contribution in [1.82, 2.24) is 14.5 Å². The largest absolute Gasteiger partial charge is 0.337 e. The summed E-state index contributed by atoms with van der Waals surface area (Å²) in [5.41, 5.74) is 3.31. The van der Waals surface area contributed by atoms with Crippen LogP contribution in [0.4, 0.5) is 5.00 Å². The summed E-state index contributed by atoms with van der Waals surface area (Å²) in [5.74, 6) is 6.18. The van der Waals surface area contributed by atoms with Gasteiger partial charge in [-0.2, -0.15) is 0 Å². The molecule has 7 heteroatoms. The maximum Gasteiger partial charge on any atom is 0.222 e. The van der Waals surface area contributed by atoms with E-state index in [1.165, 1.54) is 11.5 Å². The molecule has 1 atom stereocenters. The zero-order valence-electron chi connectivity index (χ0n) is 9.85. The number of hydrazine groups is 1. The highest BCUT2D eigenvalue weighted by atomic mass is 32.1. The third kappa shape index (κ3) is 2.92. The fourth-order valence-corrected chi connectivity index (χ4v) is 2.43. The van der Waals surface area contributed by atoms with Gasteiger partial charge in [0.2, 0.25) is 5.91 Å². The van der Waals surface area contributed by atoms with Crippen LogP contribution in [0.2, 0.25) is 0 Å². The lowest BCUT2D eigenvalue weighted by Crippen LogP contribution is -2.30. The number of hydrogen-bond donors (Lipinski definition) is 2. The number of amides is 1. The Morgan fingerprint density at radius 1 is 1.59 bits per heavy atom. The van der Waals surface area contributed by atoms with Gasteiger partial charge < -0.3 is 10.3 Å². The van der Waals surface area contributed by atoms with Crippen LogP contribution in [0.3, 0.4) is 0 Å². The second-order valence-corrected chi connectivity index (χ2v) is 5.20. The van der Waals surface area contributed by atoms with Gasteiger partial charge in [-0.1, -0.05) is 11.4 Å². The lowest BCUT2D eigenvalue weighted by atomic mass is 10.0. The molecule has 17 heavy (non-hydrogen) atoms. The summed E-state index contributed by atoms with van der Waals surface area (Å²) >= 11 is 1.21. The third-order valence-electron chi connectivity index (χ3n) is 3.12. The monoisotopic (exact) mass is 255 g/mol. The van der Waals surface area contributed by atoms with E-state index in [-0.39, 0.29) is 5.91 Å². The number of nitrogens with two attached hydrogens (primary N) is 1. The minimum Gasteiger partial charge on any atom is -0.337 e. The van der Waals surface area contributed by atoms with Crippen molar-refractivity contribution < 1.29 is 4.79 Å². The smallest absolute Gasteiger partial charge is 0.222 e. The van der Waals surface area contributed by atoms with E-state index in [1.54, 1.807) is 0 Å². The number of anilines is 1. The van der Waals surface area contributed by atoms with Crippen molar-refractivity contribution >= 4 is 22.4 Å². The van der Waals surface area contributed by atoms with Crippen molar-refractivity contribution in [1.29, 1.82) is 0 Å². The highest BCUT2D eigenvalue weighted by Crippen LogP contribution is 2.22. The molecule has 1 fully saturated rings. The van der Waals surface area contributed by atoms with Gasteiger partial charge >= 0.3 is 0 Å². The summed E-state index contributed by atoms with van der Waals surface area (Å²) in [7, 11) is 0. The van der Waals surface area contributed by atoms with Crippen molar-refractivity contribution in [3.8, 4) is 0 Å². The van der Waals surface area contributed by atoms with E-state index in [0.29, 0.717) is 18.9 Å². The summed E-state index contributed by atoms with van der Waals surface area (Å²) in [6.07, 6.45) is 2.66. The van der Waals surface area contributed by atoms with Gasteiger partial charge in [-0.05, 0) is 18.8 Å². The third-order valence-corrected chi connectivity index (χ3v) is 3.82. The van der Waals surface area contributed by atoms with Crippen molar-refractivity contribution in [2.75, 3.05) is 12.0 Å². The van der Waals surface area contributed by atoms with E-state index in [1.807, 2.05) is 4.90 Å². The summed E-state index contributed by atoms with van der Waals surface area (Å²) in [4.78, 5) is 13.8. The molecule has 1 aromatic heterocycles. The molecule has 2 heterocycles. The number of likely N-dealkylation sites (tertiary alicyclic amines) is 1. The summed E-state index contributed by atoms with van der Waals surface area (Å²) in [6, 6.07) is 0. The molecule has 3 N–H and O–H groups in total. The van der Waals surface area contributed by atoms with Crippen LogP contribution in [0.25, 0.3) is 0 Å². The highest BCUT2D eigenvalue weighted by Gasteiger charge is 2.22. The highest BCUT2D eigenvalue weighted by molar-refractivity contribution is 7.10. The van der Waals surface area contributed by atoms with Crippen molar-refractivity contribution in [2.24, 2.45) is 11.8 Å². The molecule has 1 saturated heterocycles. The van der Waals surface area contributed by atoms with Gasteiger partial charge in [0.15, 0.2) is 0 Å². The number of nitrogen functional groups attached to an aromatic ring is 1. The zero-order valence-corrected chi connectivity index (χ0v) is 10.7. The molecule has 6 nitrogen and oxygen atoms in total. The van der Waals surface area contributed by atoms with E-state index in [2.05, 4.69) is 21.9 Å². The number of nitrogens with zero attached hydrogens (tertiary/aromatic N) is 3. The standard InChI is InChI=1S/C10H17N5OS/c1-7-2-3-9(16)15(5-4-7)6-8-10(12-11)17-14-13-8/h7,12H,2-6,11H2,1H3. The van der Waals surface area contributed by atoms with E-state index >= 15 is 0 Å². The number of hydrogen-bond acceptors (Lipinski definition) is 6. The zero-order chi connectivity index (χ0) is 12.3. The predicted octanol–water partition coefficient (Wildman–Crippen LogP) is 0.972. The first-order chi connectivity index (χ1) is 8.20. The van der Waals surface area contributed by atoms with E-state index in [9.17, 15) is 4.79 Å². The molecule has 1 aromatic rings. The first-order valence-electron chi connectivity index (χ1n) is 5.76. The fourth-order valence-electron chi connectivity index (χ4n) is 1.94. The van der Waals surface area contributed by atoms with Gasteiger partial charge in [0.1, 0.15) is 10.7 Å². The molecule has 94 valence electrons. The summed E-state index contributed by atoms with van der Waals surface area (Å²) in [5, 5.41) is 4.73. The van der Waals surface area contributed by atoms with E-state index in [4.69, 9.17) is 5.84 Å². The molecule has 0 aromatic carbocycles. The van der Waals surface area contributed by atoms with Crippen LogP contribution in [0, 0.1) is 5.92 Å². The molecular weight excluding hydrogens is 238 g/mol. The molecule has 1 unspecified atom stereocenters. The second kappa shape index (κ2) is 5.42. The maximum atomic E-state index is 11.9. The predicted molar refractivity (Wildman–Crippen MR) is 66.2 cm³/mol. The van der Waals surface area contributed by atoms with Crippen LogP contribution in [0.1, 0.15) is 31.9 Å². The molecule has 1 aliphatic rings. The lowest BCUT2D eigenvalue weighted by Gasteiger charge is -2.19. The normalized spacial score (nSPS) is 21.4. The minimum absolute atomic E-state index is 0.199. The Kier molecular flexibility index (Phi) is 3.90. The van der Waals surface area contributed by atoms with Crippen molar-refractivity contribution in [3.63, 3.8) is 0 Å². The van der Waals surface area contributed by atoms with Gasteiger partial charge in [0.25, 0.3) is 0 Å². The van der Waals surface area contributed by atoms with Crippen LogP contribution < -0.4 is 11.3 Å². The Labute approximate surface area is 104 Å². The van der Waals surface area contributed by atoms with Crippen LogP contribution in [-0.2, 0) is 11.3 Å². The van der Waals surface area contributed by atoms with Gasteiger partial charge in [-0.25, -0.2) is 5.84 Å². The van der Waals surface area contributed by atoms with Gasteiger partial charge in [-0.15, -0.1) is 5.10 Å². The molecule has 0 aliphatic carbocycles. The van der Waals surface area contributed by atoms with Crippen LogP contribution >= 0.6 is 11.5 Å². The molecule has 0 radical (unpaired) electrons. The first-order valence-corrected chi connectivity index (χ1v) is 6.53. The van der Waals surface area contributed by atoms with Crippen LogP contribution in [0.15, 0.2) is 0 Å². The Balaban J connectivity index is 2.04. The average Bonchev–Trinajstić information content (AvgIpc) is 2.71. The Bertz CT molecular complexity index is 394. The van der Waals surface area contributed by atoms with Gasteiger partial charge in [0, 0.05) is 24.5 Å². The Morgan fingerprint density at radius 2 is 2.41 bits per heavy atom. The number of carbonyl (C=O) groups is 1. The summed E-state index contributed by atoms with van der Waals surface area (Å²) < 4.78 is 3.83. The molecule has 1 amide bonds. The lowest BCUT2D eigenvalue weighted by molar-refractivity contribution is -0.131. The molecule has 0 saturated carbocycles. The molecule has 2 rings (SSSR count). The number of carbonyl (C=O) groups excluding carboxylic acids is 1. The van der Waals surface area contributed by atoms with E-state index < -0.39 is 0 Å². The molecule has 0 spiro atoms. The molecular formula is C10H17N5OS. The molecule has 1 aliphatic heterocycles. The van der Waals surface area contributed by atoms with Gasteiger partial charge in [0.05, 0.1) is 6.54 Å². The quantitative estimate of drug-likeness (QED) is 0.621. The number of nitrogens with one attached hydrogen (secondary N) is 1. The fraction of sp³-hybridized carbons (Fsp3) is 0.700. The number of aromatic nitrogens is 2. The average molecular weight is 255 g/mol. The van der Waals surface area contributed by atoms with E-state index in [0.717, 1.165) is 30.1 Å². The topological polar surface area (TPSA) is 84.1 Å². The van der Waals surface area contributed by atoms with Crippen LogP contribution in [-0.4, -0.2) is 26.9 Å². The Hall–Kier alpha value is -1.21. The summed E-state index contributed by atoms with van der Waals surface area (Å²) in [6.45, 7) is 3.48. The molecule has 0 bridgehead atoms. The first kappa shape index (κ1) is 12.3. The van der Waals surface area contributed by atoms with Crippen LogP contribution in [0.5, 0.6) is 0 Å². The second-order valence-electron chi connectivity index (χ2n) is 4.44.